The maximum Gasteiger partial charge on any atom is 0.223 e. The molecule has 0 aromatic heterocycles. The van der Waals surface area contributed by atoms with Gasteiger partial charge in [0.25, 0.3) is 0 Å². The molecule has 0 atom stereocenters. The number of halogens is 1. The first-order chi connectivity index (χ1) is 9.16. The average molecular weight is 281 g/mol. The van der Waals surface area contributed by atoms with Crippen LogP contribution in [0, 0.1) is 6.92 Å². The number of nitrogens with zero attached hydrogens (tertiary/aromatic N) is 1. The van der Waals surface area contributed by atoms with E-state index in [9.17, 15) is 4.79 Å². The lowest BCUT2D eigenvalue weighted by Gasteiger charge is -2.15. The van der Waals surface area contributed by atoms with Gasteiger partial charge in [0.05, 0.1) is 0 Å². The molecule has 4 heteroatoms. The molecule has 104 valence electrons. The first-order valence-corrected chi connectivity index (χ1v) is 7.28. The van der Waals surface area contributed by atoms with Crippen molar-refractivity contribution in [3.63, 3.8) is 0 Å². The van der Waals surface area contributed by atoms with Gasteiger partial charge in [0.15, 0.2) is 0 Å². The molecule has 1 N–H and O–H groups in total. The van der Waals surface area contributed by atoms with E-state index in [-0.39, 0.29) is 5.91 Å². The molecule has 0 aliphatic carbocycles. The molecule has 2 rings (SSSR count). The van der Waals surface area contributed by atoms with Crippen LogP contribution in [0.25, 0.3) is 0 Å². The van der Waals surface area contributed by atoms with Crippen LogP contribution in [0.1, 0.15) is 30.4 Å². The Morgan fingerprint density at radius 2 is 2.11 bits per heavy atom. The highest BCUT2D eigenvalue weighted by Crippen LogP contribution is 2.16. The third-order valence-electron chi connectivity index (χ3n) is 3.54. The molecule has 1 aromatic carbocycles. The van der Waals surface area contributed by atoms with E-state index in [0.29, 0.717) is 6.42 Å². The van der Waals surface area contributed by atoms with Crippen molar-refractivity contribution in [3.05, 3.63) is 34.3 Å². The summed E-state index contributed by atoms with van der Waals surface area (Å²) in [4.78, 5) is 13.8. The van der Waals surface area contributed by atoms with Crippen LogP contribution in [0.5, 0.6) is 0 Å². The second-order valence-electron chi connectivity index (χ2n) is 5.10. The minimum absolute atomic E-state index is 0.270. The summed E-state index contributed by atoms with van der Waals surface area (Å²) in [5, 5.41) is 4.10. The minimum Gasteiger partial charge on any atom is -0.343 e. The Hall–Kier alpha value is -1.06. The molecule has 1 amide bonds. The fraction of sp³-hybridized carbons (Fsp3) is 0.533. The van der Waals surface area contributed by atoms with Gasteiger partial charge in [-0.25, -0.2) is 0 Å². The summed E-state index contributed by atoms with van der Waals surface area (Å²) < 4.78 is 0. The Kier molecular flexibility index (Phi) is 5.23. The molecule has 0 unspecified atom stereocenters. The lowest BCUT2D eigenvalue weighted by atomic mass is 10.1. The van der Waals surface area contributed by atoms with E-state index in [1.807, 2.05) is 24.0 Å². The maximum atomic E-state index is 11.8. The number of hydrogen-bond acceptors (Lipinski definition) is 2. The summed E-state index contributed by atoms with van der Waals surface area (Å²) in [6.45, 7) is 5.35. The molecular weight excluding hydrogens is 260 g/mol. The van der Waals surface area contributed by atoms with Gasteiger partial charge in [-0.3, -0.25) is 4.79 Å². The largest absolute Gasteiger partial charge is 0.343 e. The van der Waals surface area contributed by atoms with Gasteiger partial charge in [0.1, 0.15) is 0 Å². The molecule has 0 saturated carbocycles. The average Bonchev–Trinajstić information content (AvgIpc) is 2.92. The Morgan fingerprint density at radius 3 is 2.79 bits per heavy atom. The van der Waals surface area contributed by atoms with Crippen LogP contribution in [-0.4, -0.2) is 30.4 Å². The van der Waals surface area contributed by atoms with E-state index < -0.39 is 0 Å². The van der Waals surface area contributed by atoms with E-state index in [1.54, 1.807) is 0 Å². The quantitative estimate of drug-likeness (QED) is 0.841. The Morgan fingerprint density at radius 1 is 1.37 bits per heavy atom. The predicted molar refractivity (Wildman–Crippen MR) is 78.3 cm³/mol. The highest BCUT2D eigenvalue weighted by atomic mass is 35.5. The van der Waals surface area contributed by atoms with E-state index >= 15 is 0 Å². The first kappa shape index (κ1) is 14.4. The number of amides is 1. The normalized spacial score (nSPS) is 14.9. The van der Waals surface area contributed by atoms with Crippen molar-refractivity contribution >= 4 is 17.5 Å². The van der Waals surface area contributed by atoms with E-state index in [0.717, 1.165) is 55.2 Å². The number of rotatable bonds is 5. The molecule has 0 bridgehead atoms. The second kappa shape index (κ2) is 6.92. The summed E-state index contributed by atoms with van der Waals surface area (Å²) >= 11 is 6.07. The van der Waals surface area contributed by atoms with Crippen molar-refractivity contribution < 1.29 is 4.79 Å². The standard InChI is InChI=1S/C15H21ClN2O/c1-12-4-5-13(10-14(12)16)11-17-7-6-15(19)18-8-2-3-9-18/h4-5,10,17H,2-3,6-9,11H2,1H3. The van der Waals surface area contributed by atoms with Gasteiger partial charge >= 0.3 is 0 Å². The molecule has 0 radical (unpaired) electrons. The minimum atomic E-state index is 0.270. The number of likely N-dealkylation sites (tertiary alicyclic amines) is 1. The predicted octanol–water partition coefficient (Wildman–Crippen LogP) is 2.75. The van der Waals surface area contributed by atoms with Crippen molar-refractivity contribution in [2.75, 3.05) is 19.6 Å². The van der Waals surface area contributed by atoms with Crippen molar-refractivity contribution in [2.24, 2.45) is 0 Å². The lowest BCUT2D eigenvalue weighted by molar-refractivity contribution is -0.130. The summed E-state index contributed by atoms with van der Waals surface area (Å²) in [7, 11) is 0. The van der Waals surface area contributed by atoms with Gasteiger partial charge in [-0.15, -0.1) is 0 Å². The van der Waals surface area contributed by atoms with E-state index in [1.165, 1.54) is 0 Å². The molecule has 19 heavy (non-hydrogen) atoms. The third-order valence-corrected chi connectivity index (χ3v) is 3.95. The molecule has 1 saturated heterocycles. The monoisotopic (exact) mass is 280 g/mol. The summed E-state index contributed by atoms with van der Waals surface area (Å²) in [5.41, 5.74) is 2.25. The van der Waals surface area contributed by atoms with Crippen molar-refractivity contribution in [2.45, 2.75) is 32.7 Å². The number of aryl methyl sites for hydroxylation is 1. The summed E-state index contributed by atoms with van der Waals surface area (Å²) in [6, 6.07) is 6.07. The van der Waals surface area contributed by atoms with Gasteiger partial charge < -0.3 is 10.2 Å². The van der Waals surface area contributed by atoms with Crippen molar-refractivity contribution in [3.8, 4) is 0 Å². The van der Waals surface area contributed by atoms with Gasteiger partial charge in [0.2, 0.25) is 5.91 Å². The molecule has 1 fully saturated rings. The number of benzene rings is 1. The zero-order chi connectivity index (χ0) is 13.7. The highest BCUT2D eigenvalue weighted by molar-refractivity contribution is 6.31. The van der Waals surface area contributed by atoms with Crippen molar-refractivity contribution in [1.29, 1.82) is 0 Å². The number of carbonyl (C=O) groups excluding carboxylic acids is 1. The maximum absolute atomic E-state index is 11.8. The fourth-order valence-corrected chi connectivity index (χ4v) is 2.50. The highest BCUT2D eigenvalue weighted by Gasteiger charge is 2.16. The second-order valence-corrected chi connectivity index (χ2v) is 5.51. The van der Waals surface area contributed by atoms with Crippen LogP contribution in [0.2, 0.25) is 5.02 Å². The zero-order valence-corrected chi connectivity index (χ0v) is 12.2. The van der Waals surface area contributed by atoms with Crippen LogP contribution in [0.4, 0.5) is 0 Å². The van der Waals surface area contributed by atoms with E-state index in [2.05, 4.69) is 11.4 Å². The van der Waals surface area contributed by atoms with Crippen LogP contribution in [0.15, 0.2) is 18.2 Å². The van der Waals surface area contributed by atoms with Gasteiger partial charge in [-0.1, -0.05) is 23.7 Å². The SMILES string of the molecule is Cc1ccc(CNCCC(=O)N2CCCC2)cc1Cl. The molecular formula is C15H21ClN2O. The van der Waals surface area contributed by atoms with Gasteiger partial charge in [0, 0.05) is 37.6 Å². The molecule has 1 aliphatic rings. The summed E-state index contributed by atoms with van der Waals surface area (Å²) in [6.07, 6.45) is 2.89. The molecule has 0 spiro atoms. The molecule has 1 aromatic rings. The first-order valence-electron chi connectivity index (χ1n) is 6.90. The lowest BCUT2D eigenvalue weighted by Crippen LogP contribution is -2.30. The van der Waals surface area contributed by atoms with Gasteiger partial charge in [-0.2, -0.15) is 0 Å². The van der Waals surface area contributed by atoms with Crippen LogP contribution >= 0.6 is 11.6 Å². The number of carbonyl (C=O) groups is 1. The smallest absolute Gasteiger partial charge is 0.223 e. The van der Waals surface area contributed by atoms with Crippen LogP contribution in [0.3, 0.4) is 0 Å². The number of nitrogens with one attached hydrogen (secondary N) is 1. The topological polar surface area (TPSA) is 32.3 Å². The Labute approximate surface area is 119 Å². The van der Waals surface area contributed by atoms with Gasteiger partial charge in [-0.05, 0) is 37.0 Å². The van der Waals surface area contributed by atoms with E-state index in [4.69, 9.17) is 11.6 Å². The Balaban J connectivity index is 1.68. The fourth-order valence-electron chi connectivity index (χ4n) is 2.30. The molecule has 1 heterocycles. The third kappa shape index (κ3) is 4.22. The molecule has 1 aliphatic heterocycles. The zero-order valence-electron chi connectivity index (χ0n) is 11.4. The van der Waals surface area contributed by atoms with Crippen molar-refractivity contribution in [1.82, 2.24) is 10.2 Å². The molecule has 3 nitrogen and oxygen atoms in total. The summed E-state index contributed by atoms with van der Waals surface area (Å²) in [5.74, 6) is 0.270. The van der Waals surface area contributed by atoms with Crippen LogP contribution in [-0.2, 0) is 11.3 Å². The Bertz CT molecular complexity index is 442. The van der Waals surface area contributed by atoms with Crippen LogP contribution < -0.4 is 5.32 Å². The number of hydrogen-bond donors (Lipinski definition) is 1.